The molecule has 2 atom stereocenters. The Labute approximate surface area is 86.8 Å². The van der Waals surface area contributed by atoms with Crippen LogP contribution in [0.4, 0.5) is 0 Å². The van der Waals surface area contributed by atoms with Crippen molar-refractivity contribution in [1.82, 2.24) is 15.1 Å². The van der Waals surface area contributed by atoms with Crippen LogP contribution >= 0.6 is 0 Å². The van der Waals surface area contributed by atoms with E-state index in [2.05, 4.69) is 29.2 Å². The van der Waals surface area contributed by atoms with Gasteiger partial charge in [-0.1, -0.05) is 0 Å². The fraction of sp³-hybridized carbons (Fsp3) is 1.00. The Morgan fingerprint density at radius 2 is 2.14 bits per heavy atom. The first-order valence-corrected chi connectivity index (χ1v) is 5.68. The van der Waals surface area contributed by atoms with Crippen molar-refractivity contribution >= 4 is 0 Å². The van der Waals surface area contributed by atoms with Crippen molar-refractivity contribution in [1.29, 1.82) is 0 Å². The van der Waals surface area contributed by atoms with Crippen LogP contribution in [0.3, 0.4) is 0 Å². The number of nitrogens with one attached hydrogen (secondary N) is 2. The Morgan fingerprint density at radius 3 is 2.79 bits per heavy atom. The van der Waals surface area contributed by atoms with Gasteiger partial charge >= 0.3 is 0 Å². The van der Waals surface area contributed by atoms with Crippen molar-refractivity contribution in [3.05, 3.63) is 0 Å². The molecule has 2 unspecified atom stereocenters. The van der Waals surface area contributed by atoms with Gasteiger partial charge in [0.25, 0.3) is 0 Å². The van der Waals surface area contributed by atoms with Crippen LogP contribution < -0.4 is 10.2 Å². The van der Waals surface area contributed by atoms with Gasteiger partial charge in [0.1, 0.15) is 6.67 Å². The van der Waals surface area contributed by atoms with Crippen molar-refractivity contribution in [3.63, 3.8) is 0 Å². The average Bonchev–Trinajstić information content (AvgIpc) is 2.51. The lowest BCUT2D eigenvalue weighted by molar-refractivity contribution is -0.892. The summed E-state index contributed by atoms with van der Waals surface area (Å²) in [7, 11) is 4.44. The van der Waals surface area contributed by atoms with Crippen molar-refractivity contribution in [3.8, 4) is 0 Å². The van der Waals surface area contributed by atoms with Crippen LogP contribution in [0.25, 0.3) is 0 Å². The van der Waals surface area contributed by atoms with E-state index in [0.717, 1.165) is 6.54 Å². The summed E-state index contributed by atoms with van der Waals surface area (Å²) in [6.07, 6.45) is 0. The van der Waals surface area contributed by atoms with Crippen molar-refractivity contribution in [2.45, 2.75) is 6.04 Å². The fourth-order valence-corrected chi connectivity index (χ4v) is 2.53. The highest BCUT2D eigenvalue weighted by Gasteiger charge is 2.25. The van der Waals surface area contributed by atoms with Gasteiger partial charge in [-0.25, -0.2) is 0 Å². The lowest BCUT2D eigenvalue weighted by atomic mass is 10.2. The first-order valence-electron chi connectivity index (χ1n) is 5.68. The summed E-state index contributed by atoms with van der Waals surface area (Å²) in [4.78, 5) is 6.59. The maximum absolute atomic E-state index is 3.61. The van der Waals surface area contributed by atoms with E-state index in [4.69, 9.17) is 0 Å². The molecular weight excluding hydrogens is 176 g/mol. The van der Waals surface area contributed by atoms with Crippen molar-refractivity contribution in [2.75, 3.05) is 60.0 Å². The summed E-state index contributed by atoms with van der Waals surface area (Å²) in [5.41, 5.74) is 0. The second-order valence-corrected chi connectivity index (χ2v) is 4.86. The van der Waals surface area contributed by atoms with Gasteiger partial charge in [0.15, 0.2) is 0 Å². The molecule has 0 bridgehead atoms. The van der Waals surface area contributed by atoms with Crippen LogP contribution in [0.15, 0.2) is 0 Å². The molecule has 2 heterocycles. The Morgan fingerprint density at radius 1 is 1.29 bits per heavy atom. The van der Waals surface area contributed by atoms with Crippen LogP contribution in [-0.4, -0.2) is 75.9 Å². The summed E-state index contributed by atoms with van der Waals surface area (Å²) >= 11 is 0. The molecular formula is C10H23N4+. The molecule has 0 amide bonds. The van der Waals surface area contributed by atoms with Crippen LogP contribution in [0.5, 0.6) is 0 Å². The lowest BCUT2D eigenvalue weighted by Crippen LogP contribution is -3.12. The monoisotopic (exact) mass is 199 g/mol. The molecule has 2 N–H and O–H groups in total. The molecule has 2 aliphatic rings. The molecule has 0 radical (unpaired) electrons. The molecule has 4 heteroatoms. The predicted octanol–water partition coefficient (Wildman–Crippen LogP) is -2.32. The minimum absolute atomic E-state index is 0.704. The van der Waals surface area contributed by atoms with Crippen LogP contribution in [0.2, 0.25) is 0 Å². The maximum Gasteiger partial charge on any atom is 0.133 e. The second-order valence-electron chi connectivity index (χ2n) is 4.86. The number of hydrogen-bond acceptors (Lipinski definition) is 3. The topological polar surface area (TPSA) is 23.0 Å². The van der Waals surface area contributed by atoms with Gasteiger partial charge in [-0.05, 0) is 14.1 Å². The van der Waals surface area contributed by atoms with Crippen molar-refractivity contribution in [2.24, 2.45) is 0 Å². The van der Waals surface area contributed by atoms with Gasteiger partial charge in [0.2, 0.25) is 0 Å². The SMILES string of the molecule is CN1CCNC(C[NH+]2CCN(C)C2)C1. The van der Waals surface area contributed by atoms with Crippen molar-refractivity contribution < 1.29 is 4.90 Å². The van der Waals surface area contributed by atoms with E-state index in [0.29, 0.717) is 6.04 Å². The first-order chi connectivity index (χ1) is 6.74. The third kappa shape index (κ3) is 2.67. The summed E-state index contributed by atoms with van der Waals surface area (Å²) in [5, 5.41) is 3.61. The maximum atomic E-state index is 3.61. The minimum Gasteiger partial charge on any atom is -0.320 e. The normalized spacial score (nSPS) is 36.4. The molecule has 0 aromatic carbocycles. The highest BCUT2D eigenvalue weighted by Crippen LogP contribution is 1.93. The molecule has 0 aromatic rings. The zero-order chi connectivity index (χ0) is 9.97. The Kier molecular flexibility index (Phi) is 3.38. The largest absolute Gasteiger partial charge is 0.320 e. The Bertz CT molecular complexity index is 185. The molecule has 0 aliphatic carbocycles. The number of nitrogens with zero attached hydrogens (tertiary/aromatic N) is 2. The van der Waals surface area contributed by atoms with E-state index in [9.17, 15) is 0 Å². The predicted molar refractivity (Wildman–Crippen MR) is 57.5 cm³/mol. The summed E-state index contributed by atoms with van der Waals surface area (Å²) in [6.45, 7) is 8.66. The van der Waals surface area contributed by atoms with Gasteiger partial charge in [-0.3, -0.25) is 4.90 Å². The number of hydrogen-bond donors (Lipinski definition) is 2. The summed E-state index contributed by atoms with van der Waals surface area (Å²) in [6, 6.07) is 0.704. The fourth-order valence-electron chi connectivity index (χ4n) is 2.53. The number of quaternary nitrogens is 1. The highest BCUT2D eigenvalue weighted by atomic mass is 15.4. The molecule has 2 fully saturated rings. The molecule has 2 rings (SSSR count). The molecule has 0 aromatic heterocycles. The quantitative estimate of drug-likeness (QED) is 0.522. The van der Waals surface area contributed by atoms with Gasteiger partial charge in [-0.2, -0.15) is 0 Å². The Hall–Kier alpha value is -0.160. The van der Waals surface area contributed by atoms with Gasteiger partial charge < -0.3 is 15.1 Å². The molecule has 2 aliphatic heterocycles. The summed E-state index contributed by atoms with van der Waals surface area (Å²) in [5.74, 6) is 0. The van der Waals surface area contributed by atoms with E-state index in [1.165, 1.54) is 39.4 Å². The number of likely N-dealkylation sites (N-methyl/N-ethyl adjacent to an activating group) is 2. The van der Waals surface area contributed by atoms with E-state index >= 15 is 0 Å². The third-order valence-electron chi connectivity index (χ3n) is 3.33. The van der Waals surface area contributed by atoms with E-state index in [1.54, 1.807) is 4.90 Å². The van der Waals surface area contributed by atoms with Crippen LogP contribution in [-0.2, 0) is 0 Å². The van der Waals surface area contributed by atoms with Gasteiger partial charge in [0.05, 0.1) is 25.7 Å². The van der Waals surface area contributed by atoms with E-state index in [-0.39, 0.29) is 0 Å². The molecule has 0 saturated carbocycles. The minimum atomic E-state index is 0.704. The second kappa shape index (κ2) is 4.57. The first kappa shape index (κ1) is 10.4. The molecule has 0 spiro atoms. The van der Waals surface area contributed by atoms with Crippen LogP contribution in [0.1, 0.15) is 0 Å². The third-order valence-corrected chi connectivity index (χ3v) is 3.33. The lowest BCUT2D eigenvalue weighted by Gasteiger charge is -2.31. The van der Waals surface area contributed by atoms with Crippen LogP contribution in [0, 0.1) is 0 Å². The van der Waals surface area contributed by atoms with E-state index < -0.39 is 0 Å². The Balaban J connectivity index is 1.74. The smallest absolute Gasteiger partial charge is 0.133 e. The number of rotatable bonds is 2. The summed E-state index contributed by atoms with van der Waals surface area (Å²) < 4.78 is 0. The van der Waals surface area contributed by atoms with Gasteiger partial charge in [0, 0.05) is 19.6 Å². The van der Waals surface area contributed by atoms with E-state index in [1.807, 2.05) is 0 Å². The molecule has 2 saturated heterocycles. The average molecular weight is 199 g/mol. The van der Waals surface area contributed by atoms with Gasteiger partial charge in [-0.15, -0.1) is 0 Å². The zero-order valence-electron chi connectivity index (χ0n) is 9.42. The standard InChI is InChI=1S/C10H22N4/c1-12-4-3-11-10(7-12)8-14-6-5-13(2)9-14/h10-11H,3-9H2,1-2H3/p+1. The molecule has 82 valence electrons. The highest BCUT2D eigenvalue weighted by molar-refractivity contribution is 4.75. The molecule has 4 nitrogen and oxygen atoms in total. The zero-order valence-corrected chi connectivity index (χ0v) is 9.42. The number of piperazine rings is 1. The molecule has 14 heavy (non-hydrogen) atoms.